The molecule has 20 heavy (non-hydrogen) atoms. The summed E-state index contributed by atoms with van der Waals surface area (Å²) < 4.78 is 1.06. The second kappa shape index (κ2) is 5.68. The Balaban J connectivity index is 1.89. The van der Waals surface area contributed by atoms with Gasteiger partial charge in [-0.1, -0.05) is 24.3 Å². The van der Waals surface area contributed by atoms with Crippen LogP contribution in [0.4, 0.5) is 0 Å². The van der Waals surface area contributed by atoms with Crippen LogP contribution in [0, 0.1) is 0 Å². The Morgan fingerprint density at radius 2 is 2.10 bits per heavy atom. The molecule has 0 amide bonds. The van der Waals surface area contributed by atoms with Crippen molar-refractivity contribution < 1.29 is 9.90 Å². The van der Waals surface area contributed by atoms with E-state index in [1.54, 1.807) is 11.3 Å². The molecule has 2 heterocycles. The van der Waals surface area contributed by atoms with Gasteiger partial charge in [0.25, 0.3) is 0 Å². The molecule has 0 spiro atoms. The topological polar surface area (TPSA) is 40.5 Å². The van der Waals surface area contributed by atoms with Crippen molar-refractivity contribution in [3.05, 3.63) is 56.2 Å². The lowest BCUT2D eigenvalue weighted by atomic mass is 9.94. The molecule has 1 aromatic heterocycles. The summed E-state index contributed by atoms with van der Waals surface area (Å²) >= 11 is 5.17. The first-order valence-corrected chi connectivity index (χ1v) is 8.08. The van der Waals surface area contributed by atoms with Crippen molar-refractivity contribution in [2.24, 2.45) is 0 Å². The Kier molecular flexibility index (Phi) is 3.92. The van der Waals surface area contributed by atoms with Crippen LogP contribution >= 0.6 is 27.3 Å². The first-order valence-electron chi connectivity index (χ1n) is 6.40. The number of aliphatic carboxylic acids is 1. The quantitative estimate of drug-likeness (QED) is 0.919. The van der Waals surface area contributed by atoms with Gasteiger partial charge < -0.3 is 5.11 Å². The van der Waals surface area contributed by atoms with Crippen LogP contribution in [-0.2, 0) is 24.3 Å². The second-order valence-electron chi connectivity index (χ2n) is 4.92. The van der Waals surface area contributed by atoms with Crippen molar-refractivity contribution >= 4 is 33.2 Å². The van der Waals surface area contributed by atoms with E-state index in [4.69, 9.17) is 0 Å². The molecule has 1 atom stereocenters. The number of hydrogen-bond acceptors (Lipinski definition) is 3. The van der Waals surface area contributed by atoms with E-state index < -0.39 is 12.0 Å². The third-order valence-corrected chi connectivity index (χ3v) is 5.58. The Morgan fingerprint density at radius 1 is 1.35 bits per heavy atom. The predicted molar refractivity (Wildman–Crippen MR) is 82.8 cm³/mol. The zero-order chi connectivity index (χ0) is 14.1. The molecular weight excluding hydrogens is 338 g/mol. The van der Waals surface area contributed by atoms with Gasteiger partial charge in [-0.3, -0.25) is 9.69 Å². The highest BCUT2D eigenvalue weighted by atomic mass is 79.9. The molecule has 0 saturated carbocycles. The Labute approximate surface area is 130 Å². The van der Waals surface area contributed by atoms with Crippen molar-refractivity contribution in [2.75, 3.05) is 0 Å². The molecule has 2 aromatic rings. The number of rotatable bonds is 3. The molecule has 5 heteroatoms. The van der Waals surface area contributed by atoms with Gasteiger partial charge >= 0.3 is 5.97 Å². The number of hydrogen-bond donors (Lipinski definition) is 1. The summed E-state index contributed by atoms with van der Waals surface area (Å²) in [5.74, 6) is -0.743. The minimum absolute atomic E-state index is 0.445. The van der Waals surface area contributed by atoms with Crippen molar-refractivity contribution in [1.82, 2.24) is 4.90 Å². The van der Waals surface area contributed by atoms with Gasteiger partial charge in [-0.05, 0) is 44.9 Å². The summed E-state index contributed by atoms with van der Waals surface area (Å²) in [6.07, 6.45) is 0.578. The number of carboxylic acids is 1. The molecule has 0 aliphatic carbocycles. The molecule has 1 aromatic carbocycles. The van der Waals surface area contributed by atoms with Gasteiger partial charge in [0, 0.05) is 22.4 Å². The SMILES string of the molecule is O=C(O)[C@@H]1Cc2ccccc2CN1Cc1sccc1Br. The monoisotopic (exact) mass is 351 g/mol. The molecule has 1 aliphatic heterocycles. The molecule has 104 valence electrons. The standard InChI is InChI=1S/C15H14BrNO2S/c16-12-5-6-20-14(12)9-17-8-11-4-2-1-3-10(11)7-13(17)15(18)19/h1-6,13H,7-9H2,(H,18,19)/t13-/m0/s1. The highest BCUT2D eigenvalue weighted by Crippen LogP contribution is 2.29. The molecule has 0 radical (unpaired) electrons. The maximum absolute atomic E-state index is 11.5. The molecule has 1 N–H and O–H groups in total. The maximum atomic E-state index is 11.5. The molecule has 0 saturated heterocycles. The third kappa shape index (κ3) is 2.66. The van der Waals surface area contributed by atoms with Gasteiger partial charge in [-0.25, -0.2) is 0 Å². The zero-order valence-electron chi connectivity index (χ0n) is 10.8. The summed E-state index contributed by atoms with van der Waals surface area (Å²) in [5.41, 5.74) is 2.39. The molecule has 0 unspecified atom stereocenters. The summed E-state index contributed by atoms with van der Waals surface area (Å²) in [6, 6.07) is 9.67. The van der Waals surface area contributed by atoms with Gasteiger partial charge in [0.05, 0.1) is 0 Å². The second-order valence-corrected chi connectivity index (χ2v) is 6.78. The normalized spacial score (nSPS) is 18.8. The average molecular weight is 352 g/mol. The number of halogens is 1. The Hall–Kier alpha value is -1.17. The first kappa shape index (κ1) is 13.8. The summed E-state index contributed by atoms with van der Waals surface area (Å²) in [7, 11) is 0. The van der Waals surface area contributed by atoms with Crippen molar-refractivity contribution in [3.8, 4) is 0 Å². The molecule has 1 aliphatic rings. The molecule has 0 fully saturated rings. The number of carboxylic acid groups (broad SMARTS) is 1. The van der Waals surface area contributed by atoms with E-state index in [9.17, 15) is 9.90 Å². The van der Waals surface area contributed by atoms with Crippen LogP contribution in [0.15, 0.2) is 40.2 Å². The van der Waals surface area contributed by atoms with E-state index in [-0.39, 0.29) is 0 Å². The summed E-state index contributed by atoms with van der Waals surface area (Å²) in [4.78, 5) is 14.8. The van der Waals surface area contributed by atoms with Crippen molar-refractivity contribution in [3.63, 3.8) is 0 Å². The van der Waals surface area contributed by atoms with Crippen LogP contribution in [0.25, 0.3) is 0 Å². The minimum Gasteiger partial charge on any atom is -0.480 e. The van der Waals surface area contributed by atoms with Crippen LogP contribution in [-0.4, -0.2) is 22.0 Å². The fraction of sp³-hybridized carbons (Fsp3) is 0.267. The van der Waals surface area contributed by atoms with Gasteiger partial charge in [-0.2, -0.15) is 0 Å². The van der Waals surface area contributed by atoms with E-state index in [0.717, 1.165) is 10.0 Å². The zero-order valence-corrected chi connectivity index (χ0v) is 13.2. The average Bonchev–Trinajstić information content (AvgIpc) is 2.83. The molecular formula is C15H14BrNO2S. The lowest BCUT2D eigenvalue weighted by Gasteiger charge is -2.34. The van der Waals surface area contributed by atoms with Gasteiger partial charge in [0.1, 0.15) is 6.04 Å². The Morgan fingerprint density at radius 3 is 2.75 bits per heavy atom. The van der Waals surface area contributed by atoms with Gasteiger partial charge in [0.2, 0.25) is 0 Å². The van der Waals surface area contributed by atoms with Crippen LogP contribution in [0.2, 0.25) is 0 Å². The lowest BCUT2D eigenvalue weighted by molar-refractivity contribution is -0.144. The van der Waals surface area contributed by atoms with Gasteiger partial charge in [0.15, 0.2) is 0 Å². The number of thiophene rings is 1. The number of benzene rings is 1. The third-order valence-electron chi connectivity index (χ3n) is 3.67. The predicted octanol–water partition coefficient (Wildman–Crippen LogP) is 3.52. The number of fused-ring (bicyclic) bond motifs is 1. The van der Waals surface area contributed by atoms with Crippen molar-refractivity contribution in [1.29, 1.82) is 0 Å². The van der Waals surface area contributed by atoms with Crippen LogP contribution in [0.1, 0.15) is 16.0 Å². The van der Waals surface area contributed by atoms with E-state index in [1.165, 1.54) is 10.4 Å². The number of carbonyl (C=O) groups is 1. The van der Waals surface area contributed by atoms with E-state index in [2.05, 4.69) is 22.0 Å². The smallest absolute Gasteiger partial charge is 0.321 e. The van der Waals surface area contributed by atoms with E-state index in [0.29, 0.717) is 19.5 Å². The fourth-order valence-corrected chi connectivity index (χ4v) is 4.11. The van der Waals surface area contributed by atoms with Crippen LogP contribution in [0.5, 0.6) is 0 Å². The van der Waals surface area contributed by atoms with Crippen LogP contribution in [0.3, 0.4) is 0 Å². The minimum atomic E-state index is -0.743. The van der Waals surface area contributed by atoms with Crippen molar-refractivity contribution in [2.45, 2.75) is 25.6 Å². The highest BCUT2D eigenvalue weighted by molar-refractivity contribution is 9.10. The first-order chi connectivity index (χ1) is 9.65. The molecule has 3 nitrogen and oxygen atoms in total. The van der Waals surface area contributed by atoms with Gasteiger partial charge in [-0.15, -0.1) is 11.3 Å². The maximum Gasteiger partial charge on any atom is 0.321 e. The summed E-state index contributed by atoms with van der Waals surface area (Å²) in [6.45, 7) is 1.36. The Bertz CT molecular complexity index is 640. The molecule has 0 bridgehead atoms. The van der Waals surface area contributed by atoms with E-state index >= 15 is 0 Å². The molecule has 3 rings (SSSR count). The van der Waals surface area contributed by atoms with Crippen LogP contribution < -0.4 is 0 Å². The number of nitrogens with zero attached hydrogens (tertiary/aromatic N) is 1. The highest BCUT2D eigenvalue weighted by Gasteiger charge is 2.31. The fourth-order valence-electron chi connectivity index (χ4n) is 2.61. The summed E-state index contributed by atoms with van der Waals surface area (Å²) in [5, 5.41) is 11.5. The largest absolute Gasteiger partial charge is 0.480 e. The lowest BCUT2D eigenvalue weighted by Crippen LogP contribution is -2.44. The van der Waals surface area contributed by atoms with E-state index in [1.807, 2.05) is 34.5 Å².